The molecule has 0 bridgehead atoms. The molecular weight excluding hydrogens is 455 g/mol. The minimum atomic E-state index is -5.36. The molecule has 0 N–H and O–H groups in total. The number of nitrogens with zero attached hydrogens (tertiary/aromatic N) is 1. The predicted molar refractivity (Wildman–Crippen MR) is 96.8 cm³/mol. The summed E-state index contributed by atoms with van der Waals surface area (Å²) in [5.74, 6) is -10.2. The molecule has 0 radical (unpaired) electrons. The van der Waals surface area contributed by atoms with Crippen LogP contribution >= 0.6 is 0 Å². The highest BCUT2D eigenvalue weighted by atomic mass is 19.4. The fraction of sp³-hybridized carbons (Fsp3) is 0.789. The number of halogens is 7. The average Bonchev–Trinajstić information content (AvgIpc) is 2.63. The molecule has 6 nitrogen and oxygen atoms in total. The van der Waals surface area contributed by atoms with E-state index in [0.717, 1.165) is 34.6 Å². The van der Waals surface area contributed by atoms with Crippen molar-refractivity contribution >= 4 is 23.6 Å². The van der Waals surface area contributed by atoms with E-state index in [1.54, 1.807) is 0 Å². The number of alkyl halides is 7. The molecule has 0 spiro atoms. The third-order valence-electron chi connectivity index (χ3n) is 4.65. The quantitative estimate of drug-likeness (QED) is 0.346. The first-order valence-electron chi connectivity index (χ1n) is 9.66. The van der Waals surface area contributed by atoms with E-state index in [2.05, 4.69) is 4.74 Å². The molecule has 3 unspecified atom stereocenters. The van der Waals surface area contributed by atoms with Crippen molar-refractivity contribution in [2.24, 2.45) is 11.8 Å². The number of ether oxygens (including phenoxy) is 1. The SMILES string of the molecule is CCC(F)(CC(C)C(=O)N(C(=O)C(F)(F)F)C(C)C)C(=O)OCC(=O)CC(C)C(F)(F)F. The first kappa shape index (κ1) is 29.8. The van der Waals surface area contributed by atoms with Crippen LogP contribution in [0.2, 0.25) is 0 Å². The zero-order chi connectivity index (χ0) is 25.7. The number of esters is 1. The van der Waals surface area contributed by atoms with Gasteiger partial charge in [-0.1, -0.05) is 20.8 Å². The highest BCUT2D eigenvalue weighted by molar-refractivity contribution is 5.99. The lowest BCUT2D eigenvalue weighted by Crippen LogP contribution is -2.51. The van der Waals surface area contributed by atoms with Gasteiger partial charge in [-0.3, -0.25) is 19.3 Å². The lowest BCUT2D eigenvalue weighted by Gasteiger charge is -2.30. The first-order valence-corrected chi connectivity index (χ1v) is 9.66. The molecule has 13 heteroatoms. The molecule has 0 aliphatic heterocycles. The summed E-state index contributed by atoms with van der Waals surface area (Å²) in [6.07, 6.45) is -12.6. The van der Waals surface area contributed by atoms with Crippen molar-refractivity contribution in [3.8, 4) is 0 Å². The number of carbonyl (C=O) groups is 4. The van der Waals surface area contributed by atoms with Crippen LogP contribution in [-0.4, -0.2) is 59.1 Å². The minimum absolute atomic E-state index is 0.0892. The Morgan fingerprint density at radius 1 is 0.906 bits per heavy atom. The maximum Gasteiger partial charge on any atom is 0.471 e. The summed E-state index contributed by atoms with van der Waals surface area (Å²) in [5, 5.41) is 0. The minimum Gasteiger partial charge on any atom is -0.455 e. The van der Waals surface area contributed by atoms with Crippen LogP contribution in [0.1, 0.15) is 53.9 Å². The predicted octanol–water partition coefficient (Wildman–Crippen LogP) is 4.16. The second kappa shape index (κ2) is 11.1. The maximum absolute atomic E-state index is 15.1. The molecule has 0 fully saturated rings. The van der Waals surface area contributed by atoms with Gasteiger partial charge in [0.1, 0.15) is 6.61 Å². The second-order valence-electron chi connectivity index (χ2n) is 7.79. The molecule has 32 heavy (non-hydrogen) atoms. The van der Waals surface area contributed by atoms with Crippen LogP contribution in [0.5, 0.6) is 0 Å². The zero-order valence-electron chi connectivity index (χ0n) is 18.2. The standard InChI is InChI=1S/C19H26F7NO5/c1-6-17(20,16(31)32-9-13(28)7-12(5)18(21,22)23)8-11(4)14(29)27(10(2)3)15(30)19(24,25)26/h10-12H,6-9H2,1-5H3. The van der Waals surface area contributed by atoms with Crippen molar-refractivity contribution in [1.82, 2.24) is 4.90 Å². The molecule has 0 rings (SSSR count). The summed E-state index contributed by atoms with van der Waals surface area (Å²) in [6, 6.07) is -1.21. The van der Waals surface area contributed by atoms with Crippen molar-refractivity contribution in [2.45, 2.75) is 77.9 Å². The van der Waals surface area contributed by atoms with E-state index >= 15 is 4.39 Å². The van der Waals surface area contributed by atoms with Gasteiger partial charge in [-0.15, -0.1) is 0 Å². The number of amides is 2. The fourth-order valence-corrected chi connectivity index (χ4v) is 2.70. The smallest absolute Gasteiger partial charge is 0.455 e. The van der Waals surface area contributed by atoms with Crippen molar-refractivity contribution in [3.63, 3.8) is 0 Å². The van der Waals surface area contributed by atoms with Gasteiger partial charge in [-0.2, -0.15) is 26.3 Å². The number of carbonyl (C=O) groups excluding carboxylic acids is 4. The number of ketones is 1. The van der Waals surface area contributed by atoms with Crippen LogP contribution in [0, 0.1) is 11.8 Å². The van der Waals surface area contributed by atoms with Crippen LogP contribution in [-0.2, 0) is 23.9 Å². The Balaban J connectivity index is 5.27. The number of hydrogen-bond acceptors (Lipinski definition) is 5. The van der Waals surface area contributed by atoms with E-state index in [1.165, 1.54) is 0 Å². The van der Waals surface area contributed by atoms with Gasteiger partial charge in [-0.25, -0.2) is 9.18 Å². The Hall–Kier alpha value is -2.21. The Morgan fingerprint density at radius 2 is 1.41 bits per heavy atom. The Morgan fingerprint density at radius 3 is 1.78 bits per heavy atom. The normalized spacial score (nSPS) is 16.2. The third-order valence-corrected chi connectivity index (χ3v) is 4.65. The van der Waals surface area contributed by atoms with Gasteiger partial charge < -0.3 is 4.74 Å². The van der Waals surface area contributed by atoms with Crippen LogP contribution in [0.25, 0.3) is 0 Å². The summed E-state index contributed by atoms with van der Waals surface area (Å²) in [4.78, 5) is 47.5. The van der Waals surface area contributed by atoms with Crippen LogP contribution in [0.15, 0.2) is 0 Å². The summed E-state index contributed by atoms with van der Waals surface area (Å²) in [6.45, 7) is 4.04. The molecular formula is C19H26F7NO5. The van der Waals surface area contributed by atoms with E-state index in [9.17, 15) is 45.5 Å². The number of hydrogen-bond donors (Lipinski definition) is 0. The van der Waals surface area contributed by atoms with Crippen molar-refractivity contribution in [3.05, 3.63) is 0 Å². The second-order valence-corrected chi connectivity index (χ2v) is 7.79. The molecule has 0 saturated heterocycles. The zero-order valence-corrected chi connectivity index (χ0v) is 18.2. The number of imide groups is 1. The van der Waals surface area contributed by atoms with E-state index in [1.807, 2.05) is 0 Å². The lowest BCUT2D eigenvalue weighted by molar-refractivity contribution is -0.190. The molecule has 0 saturated carbocycles. The van der Waals surface area contributed by atoms with Gasteiger partial charge in [0.25, 0.3) is 0 Å². The number of rotatable bonds is 10. The Kier molecular flexibility index (Phi) is 10.3. The Labute approximate surface area is 180 Å². The topological polar surface area (TPSA) is 80.8 Å². The molecule has 0 aromatic carbocycles. The van der Waals surface area contributed by atoms with Gasteiger partial charge in [0, 0.05) is 24.8 Å². The highest BCUT2D eigenvalue weighted by Gasteiger charge is 2.48. The maximum atomic E-state index is 15.1. The molecule has 2 amide bonds. The Bertz CT molecular complexity index is 705. The third kappa shape index (κ3) is 8.38. The van der Waals surface area contributed by atoms with Crippen molar-refractivity contribution in [1.29, 1.82) is 0 Å². The van der Waals surface area contributed by atoms with E-state index in [-0.39, 0.29) is 4.90 Å². The van der Waals surface area contributed by atoms with Gasteiger partial charge >= 0.3 is 24.2 Å². The highest BCUT2D eigenvalue weighted by Crippen LogP contribution is 2.31. The largest absolute Gasteiger partial charge is 0.471 e. The van der Waals surface area contributed by atoms with Gasteiger partial charge in [0.2, 0.25) is 11.6 Å². The molecule has 186 valence electrons. The fourth-order valence-electron chi connectivity index (χ4n) is 2.70. The molecule has 0 heterocycles. The van der Waals surface area contributed by atoms with E-state index in [0.29, 0.717) is 0 Å². The van der Waals surface area contributed by atoms with Gasteiger partial charge in [-0.05, 0) is 20.3 Å². The first-order chi connectivity index (χ1) is 14.3. The van der Waals surface area contributed by atoms with Gasteiger partial charge in [0.15, 0.2) is 5.78 Å². The molecule has 0 aliphatic carbocycles. The van der Waals surface area contributed by atoms with Crippen molar-refractivity contribution in [2.75, 3.05) is 6.61 Å². The van der Waals surface area contributed by atoms with Crippen LogP contribution in [0.3, 0.4) is 0 Å². The van der Waals surface area contributed by atoms with E-state index in [4.69, 9.17) is 0 Å². The summed E-state index contributed by atoms with van der Waals surface area (Å²) in [5.41, 5.74) is -2.92. The van der Waals surface area contributed by atoms with Gasteiger partial charge in [0.05, 0.1) is 5.92 Å². The molecule has 0 aliphatic rings. The lowest BCUT2D eigenvalue weighted by atomic mass is 9.89. The number of Topliss-reactive ketones (excluding diaryl/α,β-unsaturated/α-hetero) is 1. The van der Waals surface area contributed by atoms with E-state index < -0.39 is 85.3 Å². The molecule has 0 aromatic heterocycles. The van der Waals surface area contributed by atoms with Crippen LogP contribution in [0.4, 0.5) is 30.7 Å². The van der Waals surface area contributed by atoms with Crippen LogP contribution < -0.4 is 0 Å². The molecule has 3 atom stereocenters. The summed E-state index contributed by atoms with van der Waals surface area (Å²) >= 11 is 0. The van der Waals surface area contributed by atoms with Crippen molar-refractivity contribution < 1.29 is 54.6 Å². The summed E-state index contributed by atoms with van der Waals surface area (Å²) < 4.78 is 95.3. The molecule has 0 aromatic rings. The monoisotopic (exact) mass is 481 g/mol. The summed E-state index contributed by atoms with van der Waals surface area (Å²) in [7, 11) is 0. The average molecular weight is 481 g/mol.